The van der Waals surface area contributed by atoms with E-state index in [4.69, 9.17) is 4.74 Å². The van der Waals surface area contributed by atoms with Crippen molar-refractivity contribution in [3.05, 3.63) is 35.4 Å². The maximum Gasteiger partial charge on any atom is 0.254 e. The zero-order valence-corrected chi connectivity index (χ0v) is 22.3. The summed E-state index contributed by atoms with van der Waals surface area (Å²) in [4.78, 5) is 29.0. The fraction of sp³-hybridized carbons (Fsp3) is 0.704. The summed E-state index contributed by atoms with van der Waals surface area (Å²) in [6, 6.07) is 9.21. The van der Waals surface area contributed by atoms with Crippen molar-refractivity contribution < 1.29 is 14.3 Å². The Morgan fingerprint density at radius 1 is 0.788 bits per heavy atom. The number of carbonyl (C=O) groups excluding carboxylic acids is 2. The molecule has 4 rings (SSSR count). The van der Waals surface area contributed by atoms with Gasteiger partial charge < -0.3 is 14.5 Å². The Morgan fingerprint density at radius 2 is 1.36 bits per heavy atom. The Bertz CT molecular complexity index is 712. The van der Waals surface area contributed by atoms with E-state index in [0.29, 0.717) is 24.0 Å². The van der Waals surface area contributed by atoms with Crippen LogP contribution in [0, 0.1) is 0 Å². The number of nitrogens with zero attached hydrogens (tertiary/aromatic N) is 3. The van der Waals surface area contributed by atoms with E-state index >= 15 is 0 Å². The number of benzene rings is 1. The van der Waals surface area contributed by atoms with Crippen molar-refractivity contribution in [2.45, 2.75) is 92.9 Å². The zero-order valence-electron chi connectivity index (χ0n) is 22.3. The molecular weight excluding hydrogens is 414 g/mol. The highest BCUT2D eigenvalue weighted by molar-refractivity contribution is 5.98. The van der Waals surface area contributed by atoms with Crippen LogP contribution in [0.2, 0.25) is 0 Å². The van der Waals surface area contributed by atoms with Crippen molar-refractivity contribution in [1.82, 2.24) is 14.7 Å². The maximum atomic E-state index is 11.8. The smallest absolute Gasteiger partial charge is 0.254 e. The van der Waals surface area contributed by atoms with Crippen molar-refractivity contribution in [1.29, 1.82) is 0 Å². The molecule has 0 radical (unpaired) electrons. The molecule has 0 saturated carbocycles. The summed E-state index contributed by atoms with van der Waals surface area (Å²) >= 11 is 0. The van der Waals surface area contributed by atoms with Crippen LogP contribution in [-0.4, -0.2) is 77.5 Å². The summed E-state index contributed by atoms with van der Waals surface area (Å²) in [5, 5.41) is 0. The van der Waals surface area contributed by atoms with Crippen LogP contribution in [0.1, 0.15) is 84.2 Å². The van der Waals surface area contributed by atoms with Crippen LogP contribution in [0.15, 0.2) is 24.3 Å². The third kappa shape index (κ3) is 9.09. The molecule has 1 aromatic rings. The van der Waals surface area contributed by atoms with Gasteiger partial charge in [-0.05, 0) is 59.6 Å². The van der Waals surface area contributed by atoms with Crippen LogP contribution in [0.5, 0.6) is 0 Å². The highest BCUT2D eigenvalue weighted by Gasteiger charge is 2.28. The molecule has 1 aromatic carbocycles. The summed E-state index contributed by atoms with van der Waals surface area (Å²) in [6.45, 7) is 22.4. The summed E-state index contributed by atoms with van der Waals surface area (Å²) in [6.07, 6.45) is 1.81. The van der Waals surface area contributed by atoms with Gasteiger partial charge in [0.25, 0.3) is 5.91 Å². The average Bonchev–Trinajstić information content (AvgIpc) is 3.40. The molecular formula is C27H47N3O3. The number of ether oxygens (including phenoxy) is 1. The monoisotopic (exact) mass is 461 g/mol. The Hall–Kier alpha value is -1.92. The molecule has 0 unspecified atom stereocenters. The lowest BCUT2D eigenvalue weighted by Crippen LogP contribution is -2.40. The molecule has 0 bridgehead atoms. The first-order valence-electron chi connectivity index (χ1n) is 12.7. The largest absolute Gasteiger partial charge is 0.379 e. The van der Waals surface area contributed by atoms with Gasteiger partial charge in [0.15, 0.2) is 0 Å². The SMILES string of the molecule is CC.CC(C)N1CCCC1=O.CC(C)N1CCOCC1.CC(C)N1Cc2ccccc2C1=O. The van der Waals surface area contributed by atoms with Crippen LogP contribution in [0.25, 0.3) is 0 Å². The predicted octanol–water partition coefficient (Wildman–Crippen LogP) is 4.82. The average molecular weight is 462 g/mol. The van der Waals surface area contributed by atoms with Crippen LogP contribution in [0.3, 0.4) is 0 Å². The van der Waals surface area contributed by atoms with Gasteiger partial charge in [0.1, 0.15) is 0 Å². The number of hydrogen-bond donors (Lipinski definition) is 0. The Labute approximate surface area is 202 Å². The lowest BCUT2D eigenvalue weighted by atomic mass is 10.1. The minimum atomic E-state index is 0.172. The lowest BCUT2D eigenvalue weighted by Gasteiger charge is -2.29. The number of carbonyl (C=O) groups is 2. The normalized spacial score (nSPS) is 17.9. The Balaban J connectivity index is 0.000000245. The van der Waals surface area contributed by atoms with E-state index < -0.39 is 0 Å². The molecule has 0 spiro atoms. The maximum absolute atomic E-state index is 11.8. The van der Waals surface area contributed by atoms with Crippen LogP contribution in [0.4, 0.5) is 0 Å². The molecule has 0 aromatic heterocycles. The van der Waals surface area contributed by atoms with Gasteiger partial charge in [0.05, 0.1) is 13.2 Å². The van der Waals surface area contributed by atoms with Gasteiger partial charge in [0, 0.05) is 56.3 Å². The van der Waals surface area contributed by atoms with Crippen molar-refractivity contribution in [2.24, 2.45) is 0 Å². The fourth-order valence-corrected chi connectivity index (χ4v) is 4.00. The third-order valence-electron chi connectivity index (χ3n) is 5.98. The minimum absolute atomic E-state index is 0.172. The van der Waals surface area contributed by atoms with Gasteiger partial charge in [-0.15, -0.1) is 0 Å². The van der Waals surface area contributed by atoms with E-state index in [0.717, 1.165) is 63.4 Å². The summed E-state index contributed by atoms with van der Waals surface area (Å²) in [7, 11) is 0. The van der Waals surface area contributed by atoms with E-state index in [1.54, 1.807) is 0 Å². The standard InChI is InChI=1S/C11H13NO.C7H15NO.C7H13NO.C2H6/c1-8(2)12-7-9-5-3-4-6-10(9)11(12)13;1-7(2)8-3-5-9-6-4-8;1-6(2)8-5-3-4-7(8)9;1-2/h3-6,8H,7H2,1-2H3;7H,3-6H2,1-2H3;6H,3-5H2,1-2H3;1-2H3. The topological polar surface area (TPSA) is 53.1 Å². The van der Waals surface area contributed by atoms with Crippen molar-refractivity contribution >= 4 is 11.8 Å². The van der Waals surface area contributed by atoms with E-state index in [1.165, 1.54) is 0 Å². The number of likely N-dealkylation sites (tertiary alicyclic amines) is 1. The van der Waals surface area contributed by atoms with Gasteiger partial charge in [0.2, 0.25) is 5.91 Å². The Morgan fingerprint density at radius 3 is 1.76 bits per heavy atom. The second kappa shape index (κ2) is 15.1. The molecule has 0 atom stereocenters. The van der Waals surface area contributed by atoms with E-state index in [2.05, 4.69) is 32.6 Å². The first-order valence-corrected chi connectivity index (χ1v) is 12.7. The van der Waals surface area contributed by atoms with Gasteiger partial charge >= 0.3 is 0 Å². The van der Waals surface area contributed by atoms with E-state index in [-0.39, 0.29) is 5.91 Å². The minimum Gasteiger partial charge on any atom is -0.379 e. The number of morpholine rings is 1. The highest BCUT2D eigenvalue weighted by atomic mass is 16.5. The van der Waals surface area contributed by atoms with E-state index in [9.17, 15) is 9.59 Å². The van der Waals surface area contributed by atoms with Crippen molar-refractivity contribution in [2.75, 3.05) is 32.8 Å². The van der Waals surface area contributed by atoms with Gasteiger partial charge in [-0.25, -0.2) is 0 Å². The molecule has 3 aliphatic rings. The first kappa shape index (κ1) is 29.1. The molecule has 2 fully saturated rings. The molecule has 2 saturated heterocycles. The highest BCUT2D eigenvalue weighted by Crippen LogP contribution is 2.23. The summed E-state index contributed by atoms with van der Waals surface area (Å²) in [5.41, 5.74) is 2.03. The Kier molecular flexibility index (Phi) is 13.3. The molecule has 3 aliphatic heterocycles. The van der Waals surface area contributed by atoms with Crippen molar-refractivity contribution in [3.8, 4) is 0 Å². The summed E-state index contributed by atoms with van der Waals surface area (Å²) < 4.78 is 5.21. The predicted molar refractivity (Wildman–Crippen MR) is 136 cm³/mol. The number of hydrogen-bond acceptors (Lipinski definition) is 4. The first-order chi connectivity index (χ1) is 15.7. The number of amides is 2. The number of fused-ring (bicyclic) bond motifs is 1. The quantitative estimate of drug-likeness (QED) is 0.647. The van der Waals surface area contributed by atoms with Gasteiger partial charge in [-0.2, -0.15) is 0 Å². The molecule has 188 valence electrons. The molecule has 2 amide bonds. The fourth-order valence-electron chi connectivity index (χ4n) is 4.00. The zero-order chi connectivity index (χ0) is 25.0. The third-order valence-corrected chi connectivity index (χ3v) is 5.98. The lowest BCUT2D eigenvalue weighted by molar-refractivity contribution is -0.129. The summed E-state index contributed by atoms with van der Waals surface area (Å²) in [5.74, 6) is 0.496. The molecule has 0 N–H and O–H groups in total. The van der Waals surface area contributed by atoms with Crippen LogP contribution >= 0.6 is 0 Å². The molecule has 6 nitrogen and oxygen atoms in total. The van der Waals surface area contributed by atoms with Crippen LogP contribution in [-0.2, 0) is 16.1 Å². The van der Waals surface area contributed by atoms with Gasteiger partial charge in [-0.3, -0.25) is 14.5 Å². The second-order valence-corrected chi connectivity index (χ2v) is 9.21. The second-order valence-electron chi connectivity index (χ2n) is 9.21. The van der Waals surface area contributed by atoms with E-state index in [1.807, 2.05) is 61.8 Å². The molecule has 0 aliphatic carbocycles. The van der Waals surface area contributed by atoms with Gasteiger partial charge in [-0.1, -0.05) is 32.0 Å². The molecule has 6 heteroatoms. The van der Waals surface area contributed by atoms with Crippen molar-refractivity contribution in [3.63, 3.8) is 0 Å². The van der Waals surface area contributed by atoms with Crippen LogP contribution < -0.4 is 0 Å². The molecule has 3 heterocycles. The number of rotatable bonds is 3. The molecule has 33 heavy (non-hydrogen) atoms.